The molecule has 0 saturated heterocycles. The molecule has 2 N–H and O–H groups in total. The average molecular weight is 414 g/mol. The minimum atomic E-state index is 0.126. The zero-order chi connectivity index (χ0) is 22.3. The summed E-state index contributed by atoms with van der Waals surface area (Å²) in [5.41, 5.74) is 4.36. The highest BCUT2D eigenvalue weighted by Crippen LogP contribution is 2.20. The monoisotopic (exact) mass is 413 g/mol. The maximum atomic E-state index is 8.53. The van der Waals surface area contributed by atoms with E-state index in [9.17, 15) is 0 Å². The van der Waals surface area contributed by atoms with Crippen LogP contribution >= 0.6 is 12.6 Å². The van der Waals surface area contributed by atoms with Gasteiger partial charge in [0.25, 0.3) is 0 Å². The van der Waals surface area contributed by atoms with E-state index in [2.05, 4.69) is 75.0 Å². The summed E-state index contributed by atoms with van der Waals surface area (Å²) >= 11 is 4.15. The summed E-state index contributed by atoms with van der Waals surface area (Å²) in [4.78, 5) is 0.904. The standard InChI is InChI=1S/C11H20O.C7H10.C6H5N3S/c1-10(6-5-9-12)7-8-11(2,3)4;1-4-5-6-7(2)3;10-4-1-2-5-6(3-4)8-9-7-5/h5-7,12H,8-9H2,1-4H3;4-6H,1-2H2,3H3;1-3,10H,(H,7,8,9)/b6-5-,10-7-;6-5-;. The lowest BCUT2D eigenvalue weighted by molar-refractivity contribution is 0.342. The molecule has 2 aromatic rings. The molecule has 5 heteroatoms. The molecule has 0 radical (unpaired) electrons. The van der Waals surface area contributed by atoms with Crippen LogP contribution in [-0.2, 0) is 0 Å². The Hall–Kier alpha value is -2.37. The van der Waals surface area contributed by atoms with Gasteiger partial charge in [0.1, 0.15) is 11.0 Å². The number of thiol groups is 1. The molecule has 0 aliphatic rings. The van der Waals surface area contributed by atoms with Gasteiger partial charge in [-0.25, -0.2) is 0 Å². The lowest BCUT2D eigenvalue weighted by Gasteiger charge is -2.14. The number of aliphatic hydroxyl groups is 1. The largest absolute Gasteiger partial charge is 0.392 e. The Kier molecular flexibility index (Phi) is 13.4. The molecule has 0 spiro atoms. The molecule has 0 atom stereocenters. The molecule has 0 saturated carbocycles. The molecule has 29 heavy (non-hydrogen) atoms. The molecule has 2 rings (SSSR count). The van der Waals surface area contributed by atoms with Crippen LogP contribution < -0.4 is 0 Å². The number of H-pyrrole nitrogens is 1. The molecule has 0 unspecified atom stereocenters. The van der Waals surface area contributed by atoms with Crippen molar-refractivity contribution in [3.8, 4) is 0 Å². The topological polar surface area (TPSA) is 61.8 Å². The number of aromatic nitrogens is 3. The van der Waals surface area contributed by atoms with Gasteiger partial charge in [0.2, 0.25) is 0 Å². The minimum Gasteiger partial charge on any atom is -0.392 e. The first-order valence-corrected chi connectivity index (χ1v) is 9.92. The summed E-state index contributed by atoms with van der Waals surface area (Å²) < 4.78 is 0. The minimum absolute atomic E-state index is 0.126. The normalized spacial score (nSPS) is 11.8. The van der Waals surface area contributed by atoms with Crippen molar-refractivity contribution in [1.29, 1.82) is 0 Å². The van der Waals surface area contributed by atoms with E-state index in [1.54, 1.807) is 12.2 Å². The number of rotatable bonds is 5. The Balaban J connectivity index is 0.000000420. The van der Waals surface area contributed by atoms with Gasteiger partial charge in [-0.05, 0) is 43.9 Å². The lowest BCUT2D eigenvalue weighted by Crippen LogP contribution is -2.02. The Morgan fingerprint density at radius 1 is 1.17 bits per heavy atom. The summed E-state index contributed by atoms with van der Waals surface area (Å²) in [5.74, 6) is 0. The SMILES string of the molecule is C=C/C=C\C(=C)C.CC(/C=C\CO)=C/CC(C)(C)C.Sc1ccc2n[nH]nc2c1. The van der Waals surface area contributed by atoms with E-state index >= 15 is 0 Å². The molecule has 1 aromatic carbocycles. The number of aliphatic hydroxyl groups excluding tert-OH is 1. The van der Waals surface area contributed by atoms with Crippen molar-refractivity contribution in [2.24, 2.45) is 5.41 Å². The van der Waals surface area contributed by atoms with Gasteiger partial charge in [0, 0.05) is 4.90 Å². The van der Waals surface area contributed by atoms with Gasteiger partial charge in [-0.15, -0.1) is 12.6 Å². The van der Waals surface area contributed by atoms with E-state index in [1.807, 2.05) is 43.4 Å². The summed E-state index contributed by atoms with van der Waals surface area (Å²) in [6, 6.07) is 5.62. The fourth-order valence-electron chi connectivity index (χ4n) is 1.83. The van der Waals surface area contributed by atoms with Crippen LogP contribution in [0, 0.1) is 5.41 Å². The third-order valence-corrected chi connectivity index (χ3v) is 3.62. The maximum Gasteiger partial charge on any atom is 0.114 e. The van der Waals surface area contributed by atoms with Gasteiger partial charge in [-0.3, -0.25) is 0 Å². The molecular formula is C24H35N3OS. The quantitative estimate of drug-likeness (QED) is 0.389. The number of nitrogens with zero attached hydrogens (tertiary/aromatic N) is 2. The van der Waals surface area contributed by atoms with Crippen LogP contribution in [0.5, 0.6) is 0 Å². The predicted octanol–water partition coefficient (Wildman–Crippen LogP) is 6.47. The van der Waals surface area contributed by atoms with Crippen LogP contribution in [0.3, 0.4) is 0 Å². The van der Waals surface area contributed by atoms with Crippen LogP contribution in [0.2, 0.25) is 0 Å². The van der Waals surface area contributed by atoms with Crippen LogP contribution in [-0.4, -0.2) is 27.1 Å². The first kappa shape index (κ1) is 26.6. The Morgan fingerprint density at radius 2 is 1.83 bits per heavy atom. The molecule has 0 aliphatic heterocycles. The molecular weight excluding hydrogens is 378 g/mol. The van der Waals surface area contributed by atoms with E-state index in [4.69, 9.17) is 5.11 Å². The predicted molar refractivity (Wildman–Crippen MR) is 129 cm³/mol. The number of nitrogens with one attached hydrogen (secondary N) is 1. The van der Waals surface area contributed by atoms with Crippen molar-refractivity contribution in [3.05, 3.63) is 79.0 Å². The highest BCUT2D eigenvalue weighted by Gasteiger charge is 2.06. The summed E-state index contributed by atoms with van der Waals surface area (Å²) in [5, 5.41) is 18.8. The fourth-order valence-corrected chi connectivity index (χ4v) is 2.03. The van der Waals surface area contributed by atoms with Gasteiger partial charge >= 0.3 is 0 Å². The van der Waals surface area contributed by atoms with E-state index in [0.717, 1.165) is 27.9 Å². The Labute approximate surface area is 181 Å². The summed E-state index contributed by atoms with van der Waals surface area (Å²) in [6.45, 7) is 17.9. The zero-order valence-electron chi connectivity index (χ0n) is 18.3. The number of allylic oxidation sites excluding steroid dienone is 7. The molecule has 1 aromatic heterocycles. The number of hydrogen-bond donors (Lipinski definition) is 3. The van der Waals surface area contributed by atoms with Crippen molar-refractivity contribution < 1.29 is 5.11 Å². The highest BCUT2D eigenvalue weighted by atomic mass is 32.1. The first-order chi connectivity index (χ1) is 13.6. The molecule has 1 heterocycles. The Morgan fingerprint density at radius 3 is 2.34 bits per heavy atom. The third-order valence-electron chi connectivity index (χ3n) is 3.34. The molecule has 0 aliphatic carbocycles. The summed E-state index contributed by atoms with van der Waals surface area (Å²) in [7, 11) is 0. The van der Waals surface area contributed by atoms with Crippen LogP contribution in [0.1, 0.15) is 41.0 Å². The van der Waals surface area contributed by atoms with Gasteiger partial charge < -0.3 is 5.11 Å². The van der Waals surface area contributed by atoms with Crippen LogP contribution in [0.25, 0.3) is 11.0 Å². The first-order valence-electron chi connectivity index (χ1n) is 9.47. The average Bonchev–Trinajstić information content (AvgIpc) is 3.11. The van der Waals surface area contributed by atoms with Gasteiger partial charge in [-0.2, -0.15) is 15.4 Å². The lowest BCUT2D eigenvalue weighted by atomic mass is 9.91. The zero-order valence-corrected chi connectivity index (χ0v) is 19.2. The van der Waals surface area contributed by atoms with Crippen molar-refractivity contribution >= 4 is 23.7 Å². The van der Waals surface area contributed by atoms with Crippen molar-refractivity contribution in [2.45, 2.75) is 45.9 Å². The van der Waals surface area contributed by atoms with Crippen molar-refractivity contribution in [1.82, 2.24) is 15.4 Å². The third kappa shape index (κ3) is 15.3. The van der Waals surface area contributed by atoms with E-state index in [1.165, 1.54) is 5.57 Å². The smallest absolute Gasteiger partial charge is 0.114 e. The van der Waals surface area contributed by atoms with Crippen LogP contribution in [0.4, 0.5) is 0 Å². The maximum absolute atomic E-state index is 8.53. The van der Waals surface area contributed by atoms with Gasteiger partial charge in [0.05, 0.1) is 6.61 Å². The summed E-state index contributed by atoms with van der Waals surface area (Å²) in [6.07, 6.45) is 12.5. The van der Waals surface area contributed by atoms with Gasteiger partial charge in [-0.1, -0.05) is 81.5 Å². The number of fused-ring (bicyclic) bond motifs is 1. The van der Waals surface area contributed by atoms with Gasteiger partial charge in [0.15, 0.2) is 0 Å². The van der Waals surface area contributed by atoms with Crippen LogP contribution in [0.15, 0.2) is 83.9 Å². The Bertz CT molecular complexity index is 839. The number of benzene rings is 1. The van der Waals surface area contributed by atoms with E-state index in [-0.39, 0.29) is 6.61 Å². The van der Waals surface area contributed by atoms with Crippen molar-refractivity contribution in [3.63, 3.8) is 0 Å². The second-order valence-corrected chi connectivity index (χ2v) is 8.25. The highest BCUT2D eigenvalue weighted by molar-refractivity contribution is 7.80. The van der Waals surface area contributed by atoms with E-state index in [0.29, 0.717) is 5.41 Å². The molecule has 4 nitrogen and oxygen atoms in total. The number of hydrogen-bond acceptors (Lipinski definition) is 4. The number of aromatic amines is 1. The second kappa shape index (κ2) is 14.6. The molecule has 0 amide bonds. The fraction of sp³-hybridized carbons (Fsp3) is 0.333. The van der Waals surface area contributed by atoms with Crippen molar-refractivity contribution in [2.75, 3.05) is 6.61 Å². The molecule has 0 bridgehead atoms. The molecule has 158 valence electrons. The second-order valence-electron chi connectivity index (χ2n) is 7.74. The van der Waals surface area contributed by atoms with E-state index < -0.39 is 0 Å². The molecule has 0 fully saturated rings.